The lowest BCUT2D eigenvalue weighted by Crippen LogP contribution is -2.22. The maximum Gasteiger partial charge on any atom is 0.324 e. The van der Waals surface area contributed by atoms with Crippen LogP contribution < -0.4 is 0 Å². The van der Waals surface area contributed by atoms with Gasteiger partial charge in [0.25, 0.3) is 0 Å². The van der Waals surface area contributed by atoms with Gasteiger partial charge in [-0.15, -0.1) is 0 Å². The van der Waals surface area contributed by atoms with Gasteiger partial charge in [-0.3, -0.25) is 14.4 Å². The zero-order valence-electron chi connectivity index (χ0n) is 9.08. The van der Waals surface area contributed by atoms with Crippen LogP contribution in [0.5, 0.6) is 0 Å². The van der Waals surface area contributed by atoms with Crippen molar-refractivity contribution in [3.63, 3.8) is 0 Å². The van der Waals surface area contributed by atoms with Gasteiger partial charge in [-0.2, -0.15) is 0 Å². The summed E-state index contributed by atoms with van der Waals surface area (Å²) in [7, 11) is 0. The summed E-state index contributed by atoms with van der Waals surface area (Å²) in [4.78, 5) is 35.7. The van der Waals surface area contributed by atoms with E-state index >= 15 is 0 Å². The minimum absolute atomic E-state index is 0.0698. The van der Waals surface area contributed by atoms with Gasteiger partial charge < -0.3 is 15.2 Å². The number of carboxylic acid groups (broad SMARTS) is 2. The third kappa shape index (κ3) is 1.73. The SMILES string of the molecule is O=Cc1c(C(C(=O)O)C(=O)O)[nH]c2ccccc12. The van der Waals surface area contributed by atoms with Crippen LogP contribution in [-0.2, 0) is 9.59 Å². The molecule has 0 aliphatic carbocycles. The van der Waals surface area contributed by atoms with Crippen LogP contribution in [0.15, 0.2) is 24.3 Å². The van der Waals surface area contributed by atoms with Gasteiger partial charge in [0.05, 0.1) is 5.69 Å². The van der Waals surface area contributed by atoms with Crippen molar-refractivity contribution < 1.29 is 24.6 Å². The average molecular weight is 247 g/mol. The standard InChI is InChI=1S/C12H9NO5/c14-5-7-6-3-1-2-4-8(6)13-10(7)9(11(15)16)12(17)18/h1-5,9,13H,(H,15,16)(H,17,18). The van der Waals surface area contributed by atoms with E-state index in [2.05, 4.69) is 4.98 Å². The number of rotatable bonds is 4. The first-order valence-corrected chi connectivity index (χ1v) is 5.07. The topological polar surface area (TPSA) is 107 Å². The molecule has 0 amide bonds. The molecule has 0 bridgehead atoms. The quantitative estimate of drug-likeness (QED) is 0.556. The average Bonchev–Trinajstić information content (AvgIpc) is 2.65. The number of hydrogen-bond donors (Lipinski definition) is 3. The molecule has 1 aromatic heterocycles. The van der Waals surface area contributed by atoms with Crippen molar-refractivity contribution in [2.75, 3.05) is 0 Å². The highest BCUT2D eigenvalue weighted by atomic mass is 16.4. The summed E-state index contributed by atoms with van der Waals surface area (Å²) in [5, 5.41) is 18.4. The molecule has 1 heterocycles. The second-order valence-electron chi connectivity index (χ2n) is 3.73. The van der Waals surface area contributed by atoms with Gasteiger partial charge in [0.2, 0.25) is 0 Å². The molecular weight excluding hydrogens is 238 g/mol. The molecule has 92 valence electrons. The largest absolute Gasteiger partial charge is 0.480 e. The molecule has 0 saturated carbocycles. The Kier molecular flexibility index (Phi) is 2.85. The number of aromatic amines is 1. The highest BCUT2D eigenvalue weighted by Gasteiger charge is 2.32. The van der Waals surface area contributed by atoms with Crippen LogP contribution in [0.1, 0.15) is 22.0 Å². The fraction of sp³-hybridized carbons (Fsp3) is 0.0833. The zero-order valence-corrected chi connectivity index (χ0v) is 9.08. The Morgan fingerprint density at radius 3 is 2.33 bits per heavy atom. The van der Waals surface area contributed by atoms with Crippen molar-refractivity contribution in [3.8, 4) is 0 Å². The van der Waals surface area contributed by atoms with E-state index < -0.39 is 17.9 Å². The number of H-pyrrole nitrogens is 1. The first-order valence-electron chi connectivity index (χ1n) is 5.07. The van der Waals surface area contributed by atoms with Crippen molar-refractivity contribution in [2.45, 2.75) is 5.92 Å². The van der Waals surface area contributed by atoms with Crippen molar-refractivity contribution in [1.29, 1.82) is 0 Å². The summed E-state index contributed by atoms with van der Waals surface area (Å²) in [5.74, 6) is -4.81. The molecule has 3 N–H and O–H groups in total. The number of fused-ring (bicyclic) bond motifs is 1. The highest BCUT2D eigenvalue weighted by Crippen LogP contribution is 2.27. The molecule has 1 aromatic carbocycles. The normalized spacial score (nSPS) is 10.7. The lowest BCUT2D eigenvalue weighted by atomic mass is 10.0. The Morgan fingerprint density at radius 1 is 1.17 bits per heavy atom. The zero-order chi connectivity index (χ0) is 13.3. The van der Waals surface area contributed by atoms with Gasteiger partial charge in [-0.25, -0.2) is 0 Å². The van der Waals surface area contributed by atoms with Crippen LogP contribution in [0, 0.1) is 0 Å². The van der Waals surface area contributed by atoms with Gasteiger partial charge in [0.1, 0.15) is 0 Å². The number of nitrogens with one attached hydrogen (secondary N) is 1. The molecule has 18 heavy (non-hydrogen) atoms. The molecule has 2 rings (SSSR count). The fourth-order valence-corrected chi connectivity index (χ4v) is 1.89. The van der Waals surface area contributed by atoms with Gasteiger partial charge in [-0.05, 0) is 6.07 Å². The van der Waals surface area contributed by atoms with Crippen LogP contribution in [0.25, 0.3) is 10.9 Å². The second-order valence-corrected chi connectivity index (χ2v) is 3.73. The van der Waals surface area contributed by atoms with E-state index in [4.69, 9.17) is 10.2 Å². The number of carbonyl (C=O) groups is 3. The Balaban J connectivity index is 2.73. The summed E-state index contributed by atoms with van der Waals surface area (Å²) >= 11 is 0. The minimum atomic E-state index is -1.78. The molecule has 2 aromatic rings. The number of carbonyl (C=O) groups excluding carboxylic acids is 1. The third-order valence-corrected chi connectivity index (χ3v) is 2.68. The molecule has 0 aliphatic heterocycles. The maximum atomic E-state index is 11.0. The van der Waals surface area contributed by atoms with E-state index in [0.29, 0.717) is 17.2 Å². The molecule has 0 unspecified atom stereocenters. The second kappa shape index (κ2) is 4.33. The van der Waals surface area contributed by atoms with E-state index in [-0.39, 0.29) is 11.3 Å². The minimum Gasteiger partial charge on any atom is -0.480 e. The number of carboxylic acids is 2. The maximum absolute atomic E-state index is 11.0. The van der Waals surface area contributed by atoms with Crippen molar-refractivity contribution in [3.05, 3.63) is 35.5 Å². The van der Waals surface area contributed by atoms with Crippen LogP contribution >= 0.6 is 0 Å². The molecule has 0 aliphatic rings. The molecular formula is C12H9NO5. The molecule has 0 atom stereocenters. The van der Waals surface area contributed by atoms with Crippen LogP contribution in [-0.4, -0.2) is 33.4 Å². The van der Waals surface area contributed by atoms with E-state index in [1.165, 1.54) is 0 Å². The van der Waals surface area contributed by atoms with Crippen LogP contribution in [0.3, 0.4) is 0 Å². The number of benzene rings is 1. The van der Waals surface area contributed by atoms with Gasteiger partial charge in [0, 0.05) is 16.5 Å². The van der Waals surface area contributed by atoms with Gasteiger partial charge >= 0.3 is 11.9 Å². The smallest absolute Gasteiger partial charge is 0.324 e. The molecule has 6 nitrogen and oxygen atoms in total. The van der Waals surface area contributed by atoms with Gasteiger partial charge in [0.15, 0.2) is 12.2 Å². The van der Waals surface area contributed by atoms with Crippen LogP contribution in [0.2, 0.25) is 0 Å². The predicted octanol–water partition coefficient (Wildman–Crippen LogP) is 1.23. The van der Waals surface area contributed by atoms with Crippen LogP contribution in [0.4, 0.5) is 0 Å². The summed E-state index contributed by atoms with van der Waals surface area (Å²) < 4.78 is 0. The first-order chi connectivity index (χ1) is 8.56. The van der Waals surface area contributed by atoms with E-state index in [0.717, 1.165) is 0 Å². The van der Waals surface area contributed by atoms with Gasteiger partial charge in [-0.1, -0.05) is 18.2 Å². The molecule has 0 fully saturated rings. The number of para-hydroxylation sites is 1. The van der Waals surface area contributed by atoms with E-state index in [1.54, 1.807) is 24.3 Å². The van der Waals surface area contributed by atoms with Crippen molar-refractivity contribution in [2.24, 2.45) is 0 Å². The van der Waals surface area contributed by atoms with Crippen molar-refractivity contribution in [1.82, 2.24) is 4.98 Å². The molecule has 6 heteroatoms. The number of aldehydes is 1. The lowest BCUT2D eigenvalue weighted by molar-refractivity contribution is -0.150. The lowest BCUT2D eigenvalue weighted by Gasteiger charge is -2.05. The Labute approximate surface area is 101 Å². The first kappa shape index (κ1) is 11.8. The Hall–Kier alpha value is -2.63. The predicted molar refractivity (Wildman–Crippen MR) is 61.7 cm³/mol. The number of aromatic nitrogens is 1. The Morgan fingerprint density at radius 2 is 1.78 bits per heavy atom. The van der Waals surface area contributed by atoms with Crippen molar-refractivity contribution >= 4 is 29.1 Å². The molecule has 0 spiro atoms. The fourth-order valence-electron chi connectivity index (χ4n) is 1.89. The number of hydrogen-bond acceptors (Lipinski definition) is 3. The summed E-state index contributed by atoms with van der Waals surface area (Å²) in [5.41, 5.74) is 0.494. The summed E-state index contributed by atoms with van der Waals surface area (Å²) in [6.45, 7) is 0. The van der Waals surface area contributed by atoms with E-state index in [9.17, 15) is 14.4 Å². The third-order valence-electron chi connectivity index (χ3n) is 2.68. The number of aliphatic carboxylic acids is 2. The molecule has 0 saturated heterocycles. The summed E-state index contributed by atoms with van der Waals surface area (Å²) in [6.07, 6.45) is 0.465. The summed E-state index contributed by atoms with van der Waals surface area (Å²) in [6, 6.07) is 6.66. The molecule has 0 radical (unpaired) electrons. The monoisotopic (exact) mass is 247 g/mol. The van der Waals surface area contributed by atoms with E-state index in [1.807, 2.05) is 0 Å². The highest BCUT2D eigenvalue weighted by molar-refractivity contribution is 6.06. The Bertz CT molecular complexity index is 629.